The van der Waals surface area contributed by atoms with Crippen molar-refractivity contribution in [1.82, 2.24) is 14.8 Å². The molecule has 3 nitrogen and oxygen atoms in total. The lowest BCUT2D eigenvalue weighted by molar-refractivity contribution is 0.333. The second kappa shape index (κ2) is 2.06. The number of aryl methyl sites for hydroxylation is 1. The van der Waals surface area contributed by atoms with Crippen molar-refractivity contribution in [1.29, 1.82) is 0 Å². The van der Waals surface area contributed by atoms with E-state index in [2.05, 4.69) is 10.2 Å². The quantitative estimate of drug-likeness (QED) is 0.496. The standard InChI is InChI=1S/C6H9BFN3/c1-3-9-10-6-4(8)2-5(7)11(3)6/h4-5H,2,7H2,1H3. The molecule has 2 unspecified atom stereocenters. The number of hydrogen-bond acceptors (Lipinski definition) is 2. The summed E-state index contributed by atoms with van der Waals surface area (Å²) in [5.74, 6) is 1.53. The molecule has 0 aromatic carbocycles. The minimum atomic E-state index is -0.911. The molecule has 0 saturated heterocycles. The van der Waals surface area contributed by atoms with E-state index >= 15 is 0 Å². The van der Waals surface area contributed by atoms with Crippen LogP contribution in [0.15, 0.2) is 0 Å². The fourth-order valence-corrected chi connectivity index (χ4v) is 1.65. The third-order valence-corrected chi connectivity index (χ3v) is 2.16. The molecule has 0 saturated carbocycles. The predicted molar refractivity (Wildman–Crippen MR) is 40.8 cm³/mol. The Hall–Kier alpha value is -0.865. The smallest absolute Gasteiger partial charge is 0.167 e. The predicted octanol–water partition coefficient (Wildman–Crippen LogP) is 0.133. The monoisotopic (exact) mass is 153 g/mol. The van der Waals surface area contributed by atoms with Crippen LogP contribution in [0.4, 0.5) is 4.39 Å². The van der Waals surface area contributed by atoms with Gasteiger partial charge in [0.25, 0.3) is 0 Å². The second-order valence-electron chi connectivity index (χ2n) is 3.03. The summed E-state index contributed by atoms with van der Waals surface area (Å²) < 4.78 is 14.9. The van der Waals surface area contributed by atoms with Crippen molar-refractivity contribution in [3.05, 3.63) is 11.6 Å². The highest BCUT2D eigenvalue weighted by Crippen LogP contribution is 2.34. The van der Waals surface area contributed by atoms with Crippen LogP contribution in [0.3, 0.4) is 0 Å². The van der Waals surface area contributed by atoms with Gasteiger partial charge in [0.2, 0.25) is 0 Å². The molecule has 1 aliphatic rings. The Morgan fingerprint density at radius 3 is 3.00 bits per heavy atom. The molecule has 2 atom stereocenters. The number of aromatic nitrogens is 3. The van der Waals surface area contributed by atoms with Crippen molar-refractivity contribution in [3.63, 3.8) is 0 Å². The number of alkyl halides is 1. The Labute approximate surface area is 65.0 Å². The minimum absolute atomic E-state index is 0.218. The van der Waals surface area contributed by atoms with E-state index in [1.54, 1.807) is 0 Å². The first kappa shape index (κ1) is 6.82. The molecular formula is C6H9BFN3. The summed E-state index contributed by atoms with van der Waals surface area (Å²) in [5.41, 5.74) is 0. The highest BCUT2D eigenvalue weighted by molar-refractivity contribution is 6.10. The molecule has 0 spiro atoms. The fourth-order valence-electron chi connectivity index (χ4n) is 1.65. The molecule has 0 aliphatic carbocycles. The number of hydrogen-bond donors (Lipinski definition) is 0. The molecule has 5 heteroatoms. The Balaban J connectivity index is 2.54. The highest BCUT2D eigenvalue weighted by atomic mass is 19.1. The van der Waals surface area contributed by atoms with Crippen LogP contribution in [0.1, 0.15) is 30.2 Å². The summed E-state index contributed by atoms with van der Waals surface area (Å²) in [7, 11) is 1.99. The Kier molecular flexibility index (Phi) is 1.28. The van der Waals surface area contributed by atoms with Crippen LogP contribution < -0.4 is 0 Å². The maximum atomic E-state index is 13.1. The van der Waals surface area contributed by atoms with Gasteiger partial charge < -0.3 is 4.57 Å². The summed E-state index contributed by atoms with van der Waals surface area (Å²) in [5, 5.41) is 7.58. The number of nitrogens with zero attached hydrogens (tertiary/aromatic N) is 3. The van der Waals surface area contributed by atoms with Crippen molar-refractivity contribution in [2.24, 2.45) is 0 Å². The molecule has 1 aliphatic heterocycles. The third-order valence-electron chi connectivity index (χ3n) is 2.16. The van der Waals surface area contributed by atoms with Gasteiger partial charge in [-0.25, -0.2) is 4.39 Å². The lowest BCUT2D eigenvalue weighted by Crippen LogP contribution is -2.04. The number of rotatable bonds is 0. The first-order valence-electron chi connectivity index (χ1n) is 3.75. The van der Waals surface area contributed by atoms with Crippen LogP contribution >= 0.6 is 0 Å². The first-order valence-corrected chi connectivity index (χ1v) is 3.75. The van der Waals surface area contributed by atoms with E-state index < -0.39 is 6.17 Å². The van der Waals surface area contributed by atoms with Gasteiger partial charge in [0.15, 0.2) is 12.0 Å². The zero-order valence-corrected chi connectivity index (χ0v) is 6.58. The molecule has 0 fully saturated rings. The van der Waals surface area contributed by atoms with Crippen LogP contribution in [-0.2, 0) is 0 Å². The van der Waals surface area contributed by atoms with Gasteiger partial charge in [-0.15, -0.1) is 10.2 Å². The molecular weight excluding hydrogens is 144 g/mol. The molecule has 0 N–H and O–H groups in total. The lowest BCUT2D eigenvalue weighted by atomic mass is 9.94. The average Bonchev–Trinajstić information content (AvgIpc) is 2.41. The van der Waals surface area contributed by atoms with E-state index in [9.17, 15) is 4.39 Å². The van der Waals surface area contributed by atoms with Crippen LogP contribution in [0.2, 0.25) is 0 Å². The van der Waals surface area contributed by atoms with E-state index in [1.165, 1.54) is 0 Å². The summed E-state index contributed by atoms with van der Waals surface area (Å²) in [4.78, 5) is 0. The Morgan fingerprint density at radius 1 is 1.64 bits per heavy atom. The normalized spacial score (nSPS) is 28.9. The maximum absolute atomic E-state index is 13.1. The largest absolute Gasteiger partial charge is 0.318 e. The molecule has 1 aromatic rings. The second-order valence-corrected chi connectivity index (χ2v) is 3.03. The Bertz CT molecular complexity index is 285. The van der Waals surface area contributed by atoms with Gasteiger partial charge in [0.1, 0.15) is 13.7 Å². The highest BCUT2D eigenvalue weighted by Gasteiger charge is 2.30. The van der Waals surface area contributed by atoms with E-state index in [0.717, 1.165) is 5.82 Å². The SMILES string of the molecule is BC1CC(F)c2nnc(C)n21. The summed E-state index contributed by atoms with van der Waals surface area (Å²) in [6.45, 7) is 1.85. The van der Waals surface area contributed by atoms with Crippen molar-refractivity contribution < 1.29 is 4.39 Å². The summed E-state index contributed by atoms with van der Waals surface area (Å²) >= 11 is 0. The molecule has 2 rings (SSSR count). The van der Waals surface area contributed by atoms with Gasteiger partial charge in [-0.1, -0.05) is 0 Å². The lowest BCUT2D eigenvalue weighted by Gasteiger charge is -2.04. The molecule has 0 radical (unpaired) electrons. The molecule has 58 valence electrons. The van der Waals surface area contributed by atoms with Gasteiger partial charge in [-0.2, -0.15) is 0 Å². The molecule has 11 heavy (non-hydrogen) atoms. The third kappa shape index (κ3) is 0.798. The Morgan fingerprint density at radius 2 is 2.36 bits per heavy atom. The van der Waals surface area contributed by atoms with Gasteiger partial charge >= 0.3 is 0 Å². The van der Waals surface area contributed by atoms with Crippen molar-refractivity contribution >= 4 is 7.85 Å². The summed E-state index contributed by atoms with van der Waals surface area (Å²) in [6.07, 6.45) is -0.364. The van der Waals surface area contributed by atoms with E-state index in [4.69, 9.17) is 0 Å². The number of fused-ring (bicyclic) bond motifs is 1. The van der Waals surface area contributed by atoms with Crippen molar-refractivity contribution in [2.75, 3.05) is 0 Å². The molecule has 1 aromatic heterocycles. The first-order chi connectivity index (χ1) is 5.20. The van der Waals surface area contributed by atoms with Crippen LogP contribution in [0, 0.1) is 6.92 Å². The zero-order valence-electron chi connectivity index (χ0n) is 6.58. The van der Waals surface area contributed by atoms with Crippen molar-refractivity contribution in [3.8, 4) is 0 Å². The van der Waals surface area contributed by atoms with Gasteiger partial charge in [0.05, 0.1) is 0 Å². The molecule has 0 amide bonds. The van der Waals surface area contributed by atoms with Gasteiger partial charge in [-0.05, 0) is 13.3 Å². The van der Waals surface area contributed by atoms with E-state index in [-0.39, 0.29) is 5.94 Å². The average molecular weight is 153 g/mol. The number of halogens is 1. The topological polar surface area (TPSA) is 30.7 Å². The summed E-state index contributed by atoms with van der Waals surface area (Å²) in [6, 6.07) is 0. The van der Waals surface area contributed by atoms with Crippen molar-refractivity contribution in [2.45, 2.75) is 25.5 Å². The van der Waals surface area contributed by atoms with Gasteiger partial charge in [-0.3, -0.25) is 0 Å². The fraction of sp³-hybridized carbons (Fsp3) is 0.667. The van der Waals surface area contributed by atoms with E-state index in [1.807, 2.05) is 19.3 Å². The van der Waals surface area contributed by atoms with E-state index in [0.29, 0.717) is 12.2 Å². The van der Waals surface area contributed by atoms with Gasteiger partial charge in [0, 0.05) is 5.94 Å². The van der Waals surface area contributed by atoms with Crippen LogP contribution in [-0.4, -0.2) is 22.6 Å². The van der Waals surface area contributed by atoms with Crippen LogP contribution in [0.25, 0.3) is 0 Å². The van der Waals surface area contributed by atoms with Crippen LogP contribution in [0.5, 0.6) is 0 Å². The minimum Gasteiger partial charge on any atom is -0.318 e. The maximum Gasteiger partial charge on any atom is 0.167 e. The molecule has 0 bridgehead atoms. The zero-order chi connectivity index (χ0) is 8.01. The molecule has 2 heterocycles.